The number of nitrogens with two attached hydrogens (primary N) is 1. The molecule has 0 fully saturated rings. The van der Waals surface area contributed by atoms with E-state index < -0.39 is 5.54 Å². The van der Waals surface area contributed by atoms with Gasteiger partial charge in [0.1, 0.15) is 5.75 Å². The lowest BCUT2D eigenvalue weighted by molar-refractivity contribution is -0.126. The van der Waals surface area contributed by atoms with E-state index in [-0.39, 0.29) is 5.91 Å². The summed E-state index contributed by atoms with van der Waals surface area (Å²) in [5.74, 6) is 1.17. The van der Waals surface area contributed by atoms with Crippen molar-refractivity contribution in [2.45, 2.75) is 44.6 Å². The number of carbonyl (C=O) groups is 1. The molecule has 4 heteroatoms. The summed E-state index contributed by atoms with van der Waals surface area (Å²) in [4.78, 5) is 12.1. The van der Waals surface area contributed by atoms with Gasteiger partial charge in [-0.3, -0.25) is 4.79 Å². The van der Waals surface area contributed by atoms with Gasteiger partial charge in [-0.1, -0.05) is 31.5 Å². The number of rotatable bonds is 5. The van der Waals surface area contributed by atoms with Gasteiger partial charge in [0, 0.05) is 12.5 Å². The van der Waals surface area contributed by atoms with Crippen LogP contribution in [0.15, 0.2) is 24.3 Å². The average molecular weight is 276 g/mol. The molecule has 1 aromatic rings. The minimum atomic E-state index is -0.778. The highest BCUT2D eigenvalue weighted by Crippen LogP contribution is 2.32. The zero-order valence-corrected chi connectivity index (χ0v) is 12.3. The van der Waals surface area contributed by atoms with Crippen molar-refractivity contribution in [1.82, 2.24) is 5.32 Å². The van der Waals surface area contributed by atoms with Crippen LogP contribution in [0.1, 0.15) is 44.6 Å². The number of hydrogen-bond acceptors (Lipinski definition) is 3. The van der Waals surface area contributed by atoms with Gasteiger partial charge < -0.3 is 15.8 Å². The molecule has 1 aliphatic heterocycles. The minimum absolute atomic E-state index is 0.0664. The van der Waals surface area contributed by atoms with E-state index in [1.54, 1.807) is 6.92 Å². The van der Waals surface area contributed by atoms with Gasteiger partial charge in [0.2, 0.25) is 5.91 Å². The number of ether oxygens (including phenoxy) is 1. The molecule has 0 aromatic heterocycles. The van der Waals surface area contributed by atoms with Crippen LogP contribution < -0.4 is 15.8 Å². The second-order valence-electron chi connectivity index (χ2n) is 5.75. The summed E-state index contributed by atoms with van der Waals surface area (Å²) in [6.07, 6.45) is 2.52. The smallest absolute Gasteiger partial charge is 0.239 e. The van der Waals surface area contributed by atoms with Crippen molar-refractivity contribution in [1.29, 1.82) is 0 Å². The first-order valence-electron chi connectivity index (χ1n) is 7.33. The Morgan fingerprint density at radius 2 is 2.25 bits per heavy atom. The van der Waals surface area contributed by atoms with Crippen molar-refractivity contribution >= 4 is 5.91 Å². The van der Waals surface area contributed by atoms with Crippen LogP contribution in [0.4, 0.5) is 0 Å². The van der Waals surface area contributed by atoms with Crippen LogP contribution in [0, 0.1) is 0 Å². The zero-order valence-electron chi connectivity index (χ0n) is 12.3. The summed E-state index contributed by atoms with van der Waals surface area (Å²) in [6.45, 7) is 5.15. The number of para-hydroxylation sites is 1. The Labute approximate surface area is 120 Å². The SMILES string of the molecule is CCCC(C)(N)C(=O)NCC1CCOc2ccccc21. The topological polar surface area (TPSA) is 64.4 Å². The highest BCUT2D eigenvalue weighted by atomic mass is 16.5. The van der Waals surface area contributed by atoms with E-state index in [0.717, 1.165) is 18.6 Å². The molecule has 4 nitrogen and oxygen atoms in total. The van der Waals surface area contributed by atoms with E-state index in [4.69, 9.17) is 10.5 Å². The van der Waals surface area contributed by atoms with E-state index in [1.165, 1.54) is 5.56 Å². The maximum atomic E-state index is 12.1. The monoisotopic (exact) mass is 276 g/mol. The first kappa shape index (κ1) is 14.9. The van der Waals surface area contributed by atoms with Crippen LogP contribution in [-0.2, 0) is 4.79 Å². The molecule has 110 valence electrons. The molecule has 2 rings (SSSR count). The van der Waals surface area contributed by atoms with Gasteiger partial charge in [-0.15, -0.1) is 0 Å². The fourth-order valence-electron chi connectivity index (χ4n) is 2.68. The van der Waals surface area contributed by atoms with Crippen LogP contribution in [0.5, 0.6) is 5.75 Å². The standard InChI is InChI=1S/C16H24N2O2/c1-3-9-16(2,17)15(19)18-11-12-8-10-20-14-7-5-4-6-13(12)14/h4-7,12H,3,8-11,17H2,1-2H3,(H,18,19). The van der Waals surface area contributed by atoms with Crippen LogP contribution >= 0.6 is 0 Å². The highest BCUT2D eigenvalue weighted by molar-refractivity contribution is 5.85. The number of fused-ring (bicyclic) bond motifs is 1. The lowest BCUT2D eigenvalue weighted by atomic mass is 9.92. The van der Waals surface area contributed by atoms with Crippen LogP contribution in [-0.4, -0.2) is 24.6 Å². The Morgan fingerprint density at radius 3 is 3.00 bits per heavy atom. The maximum absolute atomic E-state index is 12.1. The first-order valence-corrected chi connectivity index (χ1v) is 7.33. The second kappa shape index (κ2) is 6.27. The normalized spacial score (nSPS) is 20.4. The molecule has 2 atom stereocenters. The van der Waals surface area contributed by atoms with E-state index >= 15 is 0 Å². The molecule has 20 heavy (non-hydrogen) atoms. The molecule has 0 saturated carbocycles. The highest BCUT2D eigenvalue weighted by Gasteiger charge is 2.28. The molecule has 1 aromatic carbocycles. The molecule has 1 amide bonds. The third-order valence-corrected chi connectivity index (χ3v) is 3.88. The van der Waals surface area contributed by atoms with E-state index in [9.17, 15) is 4.79 Å². The first-order chi connectivity index (χ1) is 9.54. The molecule has 2 unspecified atom stereocenters. The number of amides is 1. The van der Waals surface area contributed by atoms with Crippen molar-refractivity contribution in [3.63, 3.8) is 0 Å². The Morgan fingerprint density at radius 1 is 1.50 bits per heavy atom. The summed E-state index contributed by atoms with van der Waals surface area (Å²) in [7, 11) is 0. The summed E-state index contributed by atoms with van der Waals surface area (Å²) in [6, 6.07) is 8.02. The fraction of sp³-hybridized carbons (Fsp3) is 0.562. The largest absolute Gasteiger partial charge is 0.493 e. The second-order valence-corrected chi connectivity index (χ2v) is 5.75. The molecule has 0 radical (unpaired) electrons. The Bertz CT molecular complexity index is 471. The lowest BCUT2D eigenvalue weighted by Gasteiger charge is -2.28. The summed E-state index contributed by atoms with van der Waals surface area (Å²) < 4.78 is 5.63. The molecule has 0 bridgehead atoms. The van der Waals surface area contributed by atoms with Crippen LogP contribution in [0.2, 0.25) is 0 Å². The molecule has 0 saturated heterocycles. The average Bonchev–Trinajstić information content (AvgIpc) is 2.44. The van der Waals surface area contributed by atoms with Crippen molar-refractivity contribution in [3.05, 3.63) is 29.8 Å². The molecule has 1 heterocycles. The van der Waals surface area contributed by atoms with E-state index in [1.807, 2.05) is 25.1 Å². The number of nitrogens with one attached hydrogen (secondary N) is 1. The molecule has 0 spiro atoms. The van der Waals surface area contributed by atoms with Gasteiger partial charge in [0.05, 0.1) is 12.1 Å². The number of hydrogen-bond donors (Lipinski definition) is 2. The molecule has 0 aliphatic carbocycles. The van der Waals surface area contributed by atoms with E-state index in [0.29, 0.717) is 25.5 Å². The molecular weight excluding hydrogens is 252 g/mol. The molecule has 3 N–H and O–H groups in total. The maximum Gasteiger partial charge on any atom is 0.239 e. The van der Waals surface area contributed by atoms with Gasteiger partial charge in [0.25, 0.3) is 0 Å². The van der Waals surface area contributed by atoms with Crippen molar-refractivity contribution < 1.29 is 9.53 Å². The van der Waals surface area contributed by atoms with Crippen LogP contribution in [0.3, 0.4) is 0 Å². The zero-order chi connectivity index (χ0) is 14.6. The van der Waals surface area contributed by atoms with Gasteiger partial charge >= 0.3 is 0 Å². The Kier molecular flexibility index (Phi) is 4.65. The van der Waals surface area contributed by atoms with Crippen molar-refractivity contribution in [2.24, 2.45) is 5.73 Å². The summed E-state index contributed by atoms with van der Waals surface area (Å²) in [5.41, 5.74) is 6.44. The summed E-state index contributed by atoms with van der Waals surface area (Å²) in [5, 5.41) is 3.00. The molecule has 1 aliphatic rings. The van der Waals surface area contributed by atoms with E-state index in [2.05, 4.69) is 11.4 Å². The predicted molar refractivity (Wildman–Crippen MR) is 79.8 cm³/mol. The quantitative estimate of drug-likeness (QED) is 0.866. The van der Waals surface area contributed by atoms with Crippen molar-refractivity contribution in [2.75, 3.05) is 13.2 Å². The minimum Gasteiger partial charge on any atom is -0.493 e. The Balaban J connectivity index is 1.97. The third kappa shape index (κ3) is 3.31. The summed E-state index contributed by atoms with van der Waals surface area (Å²) >= 11 is 0. The number of carbonyl (C=O) groups excluding carboxylic acids is 1. The Hall–Kier alpha value is -1.55. The van der Waals surface area contributed by atoms with Crippen molar-refractivity contribution in [3.8, 4) is 5.75 Å². The predicted octanol–water partition coefficient (Wildman–Crippen LogP) is 2.19. The third-order valence-electron chi connectivity index (χ3n) is 3.88. The van der Waals surface area contributed by atoms with Gasteiger partial charge in [-0.25, -0.2) is 0 Å². The lowest BCUT2D eigenvalue weighted by Crippen LogP contribution is -2.52. The van der Waals surface area contributed by atoms with Gasteiger partial charge in [0.15, 0.2) is 0 Å². The fourth-order valence-corrected chi connectivity index (χ4v) is 2.68. The van der Waals surface area contributed by atoms with Crippen LogP contribution in [0.25, 0.3) is 0 Å². The van der Waals surface area contributed by atoms with Gasteiger partial charge in [-0.05, 0) is 31.4 Å². The number of benzene rings is 1. The molecular formula is C16H24N2O2. The van der Waals surface area contributed by atoms with Gasteiger partial charge in [-0.2, -0.15) is 0 Å².